The van der Waals surface area contributed by atoms with Gasteiger partial charge in [0.15, 0.2) is 0 Å². The summed E-state index contributed by atoms with van der Waals surface area (Å²) < 4.78 is 5.60. The van der Waals surface area contributed by atoms with Crippen molar-refractivity contribution in [2.24, 2.45) is 0 Å². The maximum atomic E-state index is 5.60. The molecule has 1 aromatic heterocycles. The van der Waals surface area contributed by atoms with E-state index in [0.29, 0.717) is 0 Å². The number of anilines is 2. The number of ether oxygens (including phenoxy) is 1. The van der Waals surface area contributed by atoms with E-state index < -0.39 is 0 Å². The highest BCUT2D eigenvalue weighted by molar-refractivity contribution is 5.47. The minimum atomic E-state index is 0.00979. The van der Waals surface area contributed by atoms with Crippen LogP contribution < -0.4 is 10.6 Å². The van der Waals surface area contributed by atoms with Gasteiger partial charge in [0, 0.05) is 26.3 Å². The Balaban J connectivity index is 1.97. The second-order valence-corrected chi connectivity index (χ2v) is 5.21. The average Bonchev–Trinajstić information content (AvgIpc) is 2.35. The van der Waals surface area contributed by atoms with E-state index in [1.807, 2.05) is 13.0 Å². The summed E-state index contributed by atoms with van der Waals surface area (Å²) in [6, 6.07) is 1.96. The zero-order chi connectivity index (χ0) is 13.7. The first-order chi connectivity index (χ1) is 9.17. The zero-order valence-electron chi connectivity index (χ0n) is 12.1. The van der Waals surface area contributed by atoms with Gasteiger partial charge in [0.25, 0.3) is 0 Å². The lowest BCUT2D eigenvalue weighted by atomic mass is 9.80. The molecule has 0 amide bonds. The Morgan fingerprint density at radius 3 is 2.47 bits per heavy atom. The zero-order valence-corrected chi connectivity index (χ0v) is 12.1. The molecule has 1 aliphatic rings. The van der Waals surface area contributed by atoms with Crippen LogP contribution in [0.2, 0.25) is 0 Å². The van der Waals surface area contributed by atoms with Gasteiger partial charge in [-0.15, -0.1) is 0 Å². The fraction of sp³-hybridized carbons (Fsp3) is 0.714. The number of hydrogen-bond donors (Lipinski definition) is 2. The molecule has 19 heavy (non-hydrogen) atoms. The van der Waals surface area contributed by atoms with Crippen LogP contribution in [0.25, 0.3) is 0 Å². The molecule has 0 unspecified atom stereocenters. The Labute approximate surface area is 115 Å². The van der Waals surface area contributed by atoms with E-state index in [9.17, 15) is 0 Å². The van der Waals surface area contributed by atoms with Crippen LogP contribution >= 0.6 is 0 Å². The van der Waals surface area contributed by atoms with Crippen LogP contribution in [0.5, 0.6) is 0 Å². The van der Waals surface area contributed by atoms with Crippen LogP contribution in [0.1, 0.15) is 38.4 Å². The first-order valence-corrected chi connectivity index (χ1v) is 7.06. The molecule has 2 rings (SSSR count). The quantitative estimate of drug-likeness (QED) is 0.792. The van der Waals surface area contributed by atoms with E-state index in [0.717, 1.165) is 49.8 Å². The van der Waals surface area contributed by atoms with Gasteiger partial charge in [-0.05, 0) is 32.6 Å². The second-order valence-electron chi connectivity index (χ2n) is 5.21. The van der Waals surface area contributed by atoms with Crippen molar-refractivity contribution < 1.29 is 4.74 Å². The summed E-state index contributed by atoms with van der Waals surface area (Å²) in [6.07, 6.45) is 4.59. The van der Waals surface area contributed by atoms with Gasteiger partial charge in [-0.25, -0.2) is 9.97 Å². The third kappa shape index (κ3) is 3.56. The third-order valence-electron chi connectivity index (χ3n) is 3.68. The molecule has 0 bridgehead atoms. The number of aryl methyl sites for hydroxylation is 1. The minimum absolute atomic E-state index is 0.00979. The van der Waals surface area contributed by atoms with Crippen LogP contribution in [0.4, 0.5) is 11.6 Å². The molecule has 1 heterocycles. The Morgan fingerprint density at radius 2 is 1.95 bits per heavy atom. The van der Waals surface area contributed by atoms with Gasteiger partial charge in [0.2, 0.25) is 0 Å². The molecular weight excluding hydrogens is 240 g/mol. The Kier molecular flexibility index (Phi) is 4.58. The highest BCUT2D eigenvalue weighted by Gasteiger charge is 2.36. The lowest BCUT2D eigenvalue weighted by molar-refractivity contribution is -0.0601. The first-order valence-electron chi connectivity index (χ1n) is 7.06. The normalized spacial score (nSPS) is 16.8. The lowest BCUT2D eigenvalue weighted by Crippen LogP contribution is -2.45. The Bertz CT molecular complexity index is 412. The molecule has 1 aromatic rings. The number of nitrogens with zero attached hydrogens (tertiary/aromatic N) is 2. The van der Waals surface area contributed by atoms with Crippen molar-refractivity contribution in [3.05, 3.63) is 11.9 Å². The summed E-state index contributed by atoms with van der Waals surface area (Å²) in [7, 11) is 1.79. The van der Waals surface area contributed by atoms with Crippen molar-refractivity contribution in [2.75, 3.05) is 30.8 Å². The van der Waals surface area contributed by atoms with Crippen molar-refractivity contribution in [3.8, 4) is 0 Å². The molecule has 1 aliphatic carbocycles. The summed E-state index contributed by atoms with van der Waals surface area (Å²) in [4.78, 5) is 8.80. The monoisotopic (exact) mass is 264 g/mol. The lowest BCUT2D eigenvalue weighted by Gasteiger charge is -2.40. The third-order valence-corrected chi connectivity index (χ3v) is 3.68. The van der Waals surface area contributed by atoms with Gasteiger partial charge in [0.1, 0.15) is 17.5 Å². The molecule has 1 saturated carbocycles. The van der Waals surface area contributed by atoms with E-state index in [2.05, 4.69) is 27.5 Å². The van der Waals surface area contributed by atoms with E-state index in [1.165, 1.54) is 6.42 Å². The van der Waals surface area contributed by atoms with Crippen molar-refractivity contribution in [1.29, 1.82) is 0 Å². The van der Waals surface area contributed by atoms with Gasteiger partial charge >= 0.3 is 0 Å². The van der Waals surface area contributed by atoms with Crippen molar-refractivity contribution in [1.82, 2.24) is 9.97 Å². The Morgan fingerprint density at radius 1 is 1.26 bits per heavy atom. The minimum Gasteiger partial charge on any atom is -0.376 e. The molecule has 0 aromatic carbocycles. The fourth-order valence-electron chi connectivity index (χ4n) is 2.28. The number of rotatable bonds is 7. The SMILES string of the molecule is CCCNc1cc(NCC2(OC)CCC2)nc(C)n1. The standard InChI is InChI=1S/C14H24N4O/c1-4-8-15-12-9-13(18-11(2)17-12)16-10-14(19-3)6-5-7-14/h9H,4-8,10H2,1-3H3,(H2,15,16,17,18). The van der Waals surface area contributed by atoms with Crippen molar-refractivity contribution in [2.45, 2.75) is 45.1 Å². The van der Waals surface area contributed by atoms with Gasteiger partial charge in [0.05, 0.1) is 5.60 Å². The summed E-state index contributed by atoms with van der Waals surface area (Å²) in [5, 5.41) is 6.67. The number of methoxy groups -OCH3 is 1. The van der Waals surface area contributed by atoms with Gasteiger partial charge in [-0.1, -0.05) is 6.92 Å². The fourth-order valence-corrected chi connectivity index (χ4v) is 2.28. The summed E-state index contributed by atoms with van der Waals surface area (Å²) in [5.41, 5.74) is 0.00979. The molecule has 0 aliphatic heterocycles. The summed E-state index contributed by atoms with van der Waals surface area (Å²) in [6.45, 7) is 5.79. The molecule has 2 N–H and O–H groups in total. The van der Waals surface area contributed by atoms with Crippen LogP contribution in [0.3, 0.4) is 0 Å². The van der Waals surface area contributed by atoms with E-state index in [1.54, 1.807) is 7.11 Å². The second kappa shape index (κ2) is 6.19. The van der Waals surface area contributed by atoms with E-state index >= 15 is 0 Å². The molecule has 0 radical (unpaired) electrons. The van der Waals surface area contributed by atoms with Crippen LogP contribution in [-0.2, 0) is 4.74 Å². The molecule has 106 valence electrons. The topological polar surface area (TPSA) is 59.1 Å². The summed E-state index contributed by atoms with van der Waals surface area (Å²) in [5.74, 6) is 2.54. The number of hydrogen-bond acceptors (Lipinski definition) is 5. The molecule has 5 nitrogen and oxygen atoms in total. The molecule has 0 saturated heterocycles. The first kappa shape index (κ1) is 14.1. The largest absolute Gasteiger partial charge is 0.376 e. The average molecular weight is 264 g/mol. The number of aromatic nitrogens is 2. The smallest absolute Gasteiger partial charge is 0.131 e. The predicted molar refractivity (Wildman–Crippen MR) is 77.6 cm³/mol. The highest BCUT2D eigenvalue weighted by Crippen LogP contribution is 2.35. The number of nitrogens with one attached hydrogen (secondary N) is 2. The molecule has 0 spiro atoms. The van der Waals surface area contributed by atoms with Crippen LogP contribution in [0, 0.1) is 6.92 Å². The van der Waals surface area contributed by atoms with E-state index in [-0.39, 0.29) is 5.60 Å². The van der Waals surface area contributed by atoms with Crippen LogP contribution in [0.15, 0.2) is 6.07 Å². The maximum absolute atomic E-state index is 5.60. The van der Waals surface area contributed by atoms with Crippen molar-refractivity contribution in [3.63, 3.8) is 0 Å². The molecular formula is C14H24N4O. The van der Waals surface area contributed by atoms with Gasteiger partial charge < -0.3 is 15.4 Å². The molecule has 5 heteroatoms. The van der Waals surface area contributed by atoms with Crippen molar-refractivity contribution >= 4 is 11.6 Å². The molecule has 1 fully saturated rings. The van der Waals surface area contributed by atoms with E-state index in [4.69, 9.17) is 4.74 Å². The van der Waals surface area contributed by atoms with Gasteiger partial charge in [-0.3, -0.25) is 0 Å². The summed E-state index contributed by atoms with van der Waals surface area (Å²) >= 11 is 0. The highest BCUT2D eigenvalue weighted by atomic mass is 16.5. The maximum Gasteiger partial charge on any atom is 0.131 e. The predicted octanol–water partition coefficient (Wildman–Crippen LogP) is 2.59. The molecule has 0 atom stereocenters. The van der Waals surface area contributed by atoms with Crippen LogP contribution in [-0.4, -0.2) is 35.8 Å². The Hall–Kier alpha value is -1.36. The van der Waals surface area contributed by atoms with Gasteiger partial charge in [-0.2, -0.15) is 0 Å².